The maximum absolute atomic E-state index is 12.4. The summed E-state index contributed by atoms with van der Waals surface area (Å²) in [6.45, 7) is 0. The van der Waals surface area contributed by atoms with Crippen LogP contribution >= 0.6 is 11.6 Å². The van der Waals surface area contributed by atoms with Gasteiger partial charge in [-0.2, -0.15) is 17.6 Å². The van der Waals surface area contributed by atoms with Gasteiger partial charge in [0, 0.05) is 0 Å². The van der Waals surface area contributed by atoms with Crippen LogP contribution < -0.4 is 0 Å². The zero-order chi connectivity index (χ0) is 9.78. The average Bonchev–Trinajstić information content (AvgIpc) is 1.92. The highest BCUT2D eigenvalue weighted by atomic mass is 35.5. The van der Waals surface area contributed by atoms with Gasteiger partial charge in [-0.25, -0.2) is 8.78 Å². The molecule has 1 aliphatic rings. The predicted molar refractivity (Wildman–Crippen MR) is 29.1 cm³/mol. The van der Waals surface area contributed by atoms with Crippen molar-refractivity contribution in [3.8, 4) is 0 Å². The van der Waals surface area contributed by atoms with E-state index in [1.807, 2.05) is 0 Å². The zero-order valence-corrected chi connectivity index (χ0v) is 6.19. The van der Waals surface area contributed by atoms with Gasteiger partial charge in [-0.3, -0.25) is 0 Å². The molecule has 1 rings (SSSR count). The van der Waals surface area contributed by atoms with E-state index >= 15 is 0 Å². The molecule has 2 atom stereocenters. The van der Waals surface area contributed by atoms with Crippen molar-refractivity contribution in [3.05, 3.63) is 0 Å². The number of halogens is 7. The normalized spacial score (nSPS) is 44.8. The molecule has 12 heavy (non-hydrogen) atoms. The third-order valence-corrected chi connectivity index (χ3v) is 2.18. The van der Waals surface area contributed by atoms with E-state index < -0.39 is 29.6 Å². The molecule has 0 aromatic carbocycles. The molecular formula is C5H3ClF6. The molecule has 0 heterocycles. The van der Waals surface area contributed by atoms with Crippen LogP contribution in [0.25, 0.3) is 0 Å². The fraction of sp³-hybridized carbons (Fsp3) is 1.00. The molecule has 0 aromatic heterocycles. The lowest BCUT2D eigenvalue weighted by Crippen LogP contribution is -2.47. The molecule has 0 saturated heterocycles. The van der Waals surface area contributed by atoms with Crippen LogP contribution in [-0.2, 0) is 0 Å². The SMILES string of the molecule is FC1CC(F)(F)C(F)(F)C1(F)Cl. The molecule has 1 fully saturated rings. The molecule has 7 heteroatoms. The van der Waals surface area contributed by atoms with Crippen LogP contribution in [-0.4, -0.2) is 23.1 Å². The first kappa shape index (κ1) is 9.95. The highest BCUT2D eigenvalue weighted by Crippen LogP contribution is 2.58. The molecular weight excluding hydrogens is 209 g/mol. The Labute approximate surface area is 68.5 Å². The summed E-state index contributed by atoms with van der Waals surface area (Å²) in [4.78, 5) is 0. The minimum absolute atomic E-state index is 1.89. The van der Waals surface area contributed by atoms with Gasteiger partial charge >= 0.3 is 11.8 Å². The summed E-state index contributed by atoms with van der Waals surface area (Å²) in [7, 11) is 0. The molecule has 2 unspecified atom stereocenters. The van der Waals surface area contributed by atoms with Gasteiger partial charge in [0.25, 0.3) is 5.13 Å². The van der Waals surface area contributed by atoms with Gasteiger partial charge < -0.3 is 0 Å². The van der Waals surface area contributed by atoms with Crippen LogP contribution in [0.2, 0.25) is 0 Å². The smallest absolute Gasteiger partial charge is 0.242 e. The van der Waals surface area contributed by atoms with E-state index in [-0.39, 0.29) is 0 Å². The third kappa shape index (κ3) is 0.932. The van der Waals surface area contributed by atoms with Gasteiger partial charge in [-0.15, -0.1) is 0 Å². The summed E-state index contributed by atoms with van der Waals surface area (Å²) < 4.78 is 73.5. The molecule has 0 spiro atoms. The molecule has 72 valence electrons. The van der Waals surface area contributed by atoms with Crippen molar-refractivity contribution in [1.82, 2.24) is 0 Å². The molecule has 0 aromatic rings. The summed E-state index contributed by atoms with van der Waals surface area (Å²) in [5.74, 6) is -9.87. The van der Waals surface area contributed by atoms with E-state index in [1.54, 1.807) is 0 Å². The molecule has 0 radical (unpaired) electrons. The average molecular weight is 213 g/mol. The zero-order valence-electron chi connectivity index (χ0n) is 5.43. The maximum atomic E-state index is 12.4. The first-order valence-electron chi connectivity index (χ1n) is 2.90. The second-order valence-corrected chi connectivity index (χ2v) is 3.12. The highest BCUT2D eigenvalue weighted by Gasteiger charge is 2.79. The standard InChI is InChI=1S/C5H3ClF6/c6-4(10)2(7)1-3(8,9)5(4,11)12/h2H,1H2. The van der Waals surface area contributed by atoms with Gasteiger partial charge in [-0.1, -0.05) is 11.6 Å². The van der Waals surface area contributed by atoms with E-state index in [4.69, 9.17) is 0 Å². The van der Waals surface area contributed by atoms with E-state index in [0.29, 0.717) is 0 Å². The topological polar surface area (TPSA) is 0 Å². The van der Waals surface area contributed by atoms with Gasteiger partial charge in [0.15, 0.2) is 6.17 Å². The number of rotatable bonds is 0. The Bertz CT molecular complexity index is 200. The molecule has 1 saturated carbocycles. The monoisotopic (exact) mass is 212 g/mol. The van der Waals surface area contributed by atoms with E-state index in [0.717, 1.165) is 0 Å². The summed E-state index contributed by atoms with van der Waals surface area (Å²) in [6, 6.07) is 0. The lowest BCUT2D eigenvalue weighted by molar-refractivity contribution is -0.217. The largest absolute Gasteiger partial charge is 0.360 e. The van der Waals surface area contributed by atoms with Crippen LogP contribution in [0.5, 0.6) is 0 Å². The van der Waals surface area contributed by atoms with E-state index in [2.05, 4.69) is 11.6 Å². The quantitative estimate of drug-likeness (QED) is 0.428. The fourth-order valence-electron chi connectivity index (χ4n) is 0.922. The number of alkyl halides is 7. The fourth-order valence-corrected chi connectivity index (χ4v) is 1.14. The van der Waals surface area contributed by atoms with Crippen molar-refractivity contribution < 1.29 is 26.3 Å². The Morgan fingerprint density at radius 1 is 1.08 bits per heavy atom. The van der Waals surface area contributed by atoms with Crippen molar-refractivity contribution in [1.29, 1.82) is 0 Å². The van der Waals surface area contributed by atoms with Crippen LogP contribution in [0.15, 0.2) is 0 Å². The highest BCUT2D eigenvalue weighted by molar-refractivity contribution is 6.24. The minimum atomic E-state index is -5.15. The molecule has 0 bridgehead atoms. The van der Waals surface area contributed by atoms with Gasteiger partial charge in [0.05, 0.1) is 6.42 Å². The van der Waals surface area contributed by atoms with E-state index in [9.17, 15) is 26.3 Å². The molecule has 0 amide bonds. The Kier molecular flexibility index (Phi) is 1.84. The summed E-state index contributed by atoms with van der Waals surface area (Å²) >= 11 is 4.32. The van der Waals surface area contributed by atoms with Crippen molar-refractivity contribution in [2.45, 2.75) is 29.6 Å². The van der Waals surface area contributed by atoms with Crippen LogP contribution in [0.3, 0.4) is 0 Å². The second-order valence-electron chi connectivity index (χ2n) is 2.57. The third-order valence-electron chi connectivity index (χ3n) is 1.71. The number of hydrogen-bond acceptors (Lipinski definition) is 0. The summed E-state index contributed by atoms with van der Waals surface area (Å²) in [5.41, 5.74) is 0. The van der Waals surface area contributed by atoms with Crippen LogP contribution in [0.1, 0.15) is 6.42 Å². The lowest BCUT2D eigenvalue weighted by atomic mass is 10.2. The summed E-state index contributed by atoms with van der Waals surface area (Å²) in [6.07, 6.45) is -4.94. The first-order chi connectivity index (χ1) is 5.13. The molecule has 0 aliphatic heterocycles. The lowest BCUT2D eigenvalue weighted by Gasteiger charge is -2.24. The van der Waals surface area contributed by atoms with Gasteiger partial charge in [0.2, 0.25) is 0 Å². The molecule has 0 nitrogen and oxygen atoms in total. The van der Waals surface area contributed by atoms with Gasteiger partial charge in [0.1, 0.15) is 0 Å². The molecule has 0 N–H and O–H groups in total. The summed E-state index contributed by atoms with van der Waals surface area (Å²) in [5, 5.41) is -4.30. The van der Waals surface area contributed by atoms with Crippen molar-refractivity contribution >= 4 is 11.6 Å². The van der Waals surface area contributed by atoms with Crippen molar-refractivity contribution in [3.63, 3.8) is 0 Å². The Morgan fingerprint density at radius 3 is 1.58 bits per heavy atom. The Balaban J connectivity index is 3.10. The first-order valence-corrected chi connectivity index (χ1v) is 3.28. The van der Waals surface area contributed by atoms with Crippen LogP contribution in [0, 0.1) is 0 Å². The van der Waals surface area contributed by atoms with Gasteiger partial charge in [-0.05, 0) is 0 Å². The van der Waals surface area contributed by atoms with Crippen molar-refractivity contribution in [2.75, 3.05) is 0 Å². The second kappa shape index (κ2) is 2.21. The Hall–Kier alpha value is -0.130. The molecule has 1 aliphatic carbocycles. The number of hydrogen-bond donors (Lipinski definition) is 0. The van der Waals surface area contributed by atoms with Crippen molar-refractivity contribution in [2.24, 2.45) is 0 Å². The Morgan fingerprint density at radius 2 is 1.50 bits per heavy atom. The predicted octanol–water partition coefficient (Wildman–Crippen LogP) is 2.90. The maximum Gasteiger partial charge on any atom is 0.360 e. The minimum Gasteiger partial charge on any atom is -0.242 e. The van der Waals surface area contributed by atoms with Crippen LogP contribution in [0.4, 0.5) is 26.3 Å². The van der Waals surface area contributed by atoms with E-state index in [1.165, 1.54) is 0 Å².